The maximum absolute atomic E-state index is 13.0. The van der Waals surface area contributed by atoms with Gasteiger partial charge in [-0.05, 0) is 57.8 Å². The molecule has 9 heteroatoms. The number of aliphatic hydroxyl groups is 5. The second-order valence-electron chi connectivity index (χ2n) is 17.6. The molecule has 0 saturated carbocycles. The van der Waals surface area contributed by atoms with Gasteiger partial charge in [-0.15, -0.1) is 0 Å². The molecule has 1 saturated heterocycles. The number of hydrogen-bond acceptors (Lipinski definition) is 8. The van der Waals surface area contributed by atoms with Crippen LogP contribution in [0.4, 0.5) is 0 Å². The van der Waals surface area contributed by atoms with Crippen LogP contribution in [-0.4, -0.2) is 87.5 Å². The molecule has 1 heterocycles. The maximum Gasteiger partial charge on any atom is 0.220 e. The fraction of sp³-hybridized carbons (Fsp3) is 0.863. The number of carbonyl (C=O) groups excluding carboxylic acids is 1. The van der Waals surface area contributed by atoms with Gasteiger partial charge in [0.2, 0.25) is 5.91 Å². The Morgan fingerprint density at radius 2 is 0.950 bits per heavy atom. The van der Waals surface area contributed by atoms with E-state index >= 15 is 0 Å². The first-order chi connectivity index (χ1) is 29.3. The molecule has 1 aliphatic heterocycles. The number of aliphatic hydroxyl groups excluding tert-OH is 5. The lowest BCUT2D eigenvalue weighted by Crippen LogP contribution is -2.60. The van der Waals surface area contributed by atoms with Crippen LogP contribution in [0.2, 0.25) is 0 Å². The van der Waals surface area contributed by atoms with E-state index in [1.165, 1.54) is 154 Å². The Balaban J connectivity index is 2.34. The van der Waals surface area contributed by atoms with Crippen LogP contribution in [0.5, 0.6) is 0 Å². The molecule has 0 radical (unpaired) electrons. The molecule has 0 bridgehead atoms. The third-order valence-corrected chi connectivity index (χ3v) is 11.9. The van der Waals surface area contributed by atoms with Gasteiger partial charge in [-0.2, -0.15) is 0 Å². The molecule has 7 atom stereocenters. The van der Waals surface area contributed by atoms with Gasteiger partial charge in [-0.3, -0.25) is 4.79 Å². The molecule has 352 valence electrons. The van der Waals surface area contributed by atoms with Crippen LogP contribution in [0.1, 0.15) is 226 Å². The van der Waals surface area contributed by atoms with Crippen LogP contribution < -0.4 is 5.32 Å². The van der Waals surface area contributed by atoms with E-state index in [4.69, 9.17) is 9.47 Å². The van der Waals surface area contributed by atoms with Crippen molar-refractivity contribution in [2.75, 3.05) is 13.2 Å². The average molecular weight is 850 g/mol. The molecular formula is C51H95NO8. The van der Waals surface area contributed by atoms with Gasteiger partial charge in [0, 0.05) is 6.42 Å². The summed E-state index contributed by atoms with van der Waals surface area (Å²) < 4.78 is 11.2. The van der Waals surface area contributed by atoms with Gasteiger partial charge >= 0.3 is 0 Å². The predicted octanol–water partition coefficient (Wildman–Crippen LogP) is 11.2. The molecule has 0 aromatic carbocycles. The van der Waals surface area contributed by atoms with Crippen LogP contribution in [0, 0.1) is 0 Å². The topological polar surface area (TPSA) is 149 Å². The summed E-state index contributed by atoms with van der Waals surface area (Å²) in [4.78, 5) is 13.0. The molecule has 7 unspecified atom stereocenters. The lowest BCUT2D eigenvalue weighted by Gasteiger charge is -2.40. The SMILES string of the molecule is CCCCCCCCC/C=C\CCCCCCCCCC(=O)NC(COC1OC(CO)C(O)C(O)C1O)C(O)/C=C/CC/C=C/CCCCCCCCCCCCCCC. The number of rotatable bonds is 42. The first-order valence-electron chi connectivity index (χ1n) is 25.2. The highest BCUT2D eigenvalue weighted by atomic mass is 16.7. The van der Waals surface area contributed by atoms with E-state index in [0.29, 0.717) is 6.42 Å². The van der Waals surface area contributed by atoms with Crippen molar-refractivity contribution < 1.29 is 39.8 Å². The minimum absolute atomic E-state index is 0.191. The van der Waals surface area contributed by atoms with Crippen molar-refractivity contribution in [3.05, 3.63) is 36.5 Å². The monoisotopic (exact) mass is 850 g/mol. The molecule has 1 amide bonds. The van der Waals surface area contributed by atoms with Crippen LogP contribution in [0.3, 0.4) is 0 Å². The van der Waals surface area contributed by atoms with Crippen LogP contribution >= 0.6 is 0 Å². The Labute approximate surface area is 368 Å². The summed E-state index contributed by atoms with van der Waals surface area (Å²) in [7, 11) is 0. The summed E-state index contributed by atoms with van der Waals surface area (Å²) in [5, 5.41) is 54.3. The van der Waals surface area contributed by atoms with Crippen molar-refractivity contribution in [1.29, 1.82) is 0 Å². The van der Waals surface area contributed by atoms with E-state index in [-0.39, 0.29) is 12.5 Å². The number of allylic oxidation sites excluding steroid dienone is 5. The molecule has 1 fully saturated rings. The molecule has 6 N–H and O–H groups in total. The molecule has 1 aliphatic rings. The maximum atomic E-state index is 13.0. The average Bonchev–Trinajstić information content (AvgIpc) is 3.25. The highest BCUT2D eigenvalue weighted by molar-refractivity contribution is 5.76. The van der Waals surface area contributed by atoms with Crippen molar-refractivity contribution >= 4 is 5.91 Å². The molecular weight excluding hydrogens is 755 g/mol. The van der Waals surface area contributed by atoms with Crippen molar-refractivity contribution in [2.45, 2.75) is 269 Å². The quantitative estimate of drug-likeness (QED) is 0.0263. The summed E-state index contributed by atoms with van der Waals surface area (Å²) >= 11 is 0. The van der Waals surface area contributed by atoms with Gasteiger partial charge in [0.25, 0.3) is 0 Å². The first-order valence-corrected chi connectivity index (χ1v) is 25.2. The Morgan fingerprint density at radius 1 is 0.550 bits per heavy atom. The fourth-order valence-electron chi connectivity index (χ4n) is 7.87. The summed E-state index contributed by atoms with van der Waals surface area (Å²) in [6.07, 6.45) is 44.8. The van der Waals surface area contributed by atoms with Crippen molar-refractivity contribution in [2.24, 2.45) is 0 Å². The minimum Gasteiger partial charge on any atom is -0.394 e. The molecule has 0 spiro atoms. The number of unbranched alkanes of at least 4 members (excludes halogenated alkanes) is 28. The van der Waals surface area contributed by atoms with Crippen LogP contribution in [0.25, 0.3) is 0 Å². The number of ether oxygens (including phenoxy) is 2. The van der Waals surface area contributed by atoms with E-state index in [2.05, 4.69) is 43.5 Å². The van der Waals surface area contributed by atoms with Gasteiger partial charge in [0.15, 0.2) is 6.29 Å². The number of carbonyl (C=O) groups is 1. The number of nitrogens with one attached hydrogen (secondary N) is 1. The molecule has 0 aromatic heterocycles. The van der Waals surface area contributed by atoms with Crippen molar-refractivity contribution in [1.82, 2.24) is 5.32 Å². The van der Waals surface area contributed by atoms with Gasteiger partial charge in [0.1, 0.15) is 24.4 Å². The van der Waals surface area contributed by atoms with E-state index in [1.807, 2.05) is 6.08 Å². The Morgan fingerprint density at radius 3 is 1.40 bits per heavy atom. The smallest absolute Gasteiger partial charge is 0.220 e. The molecule has 60 heavy (non-hydrogen) atoms. The lowest BCUT2D eigenvalue weighted by atomic mass is 9.99. The van der Waals surface area contributed by atoms with E-state index in [1.54, 1.807) is 6.08 Å². The molecule has 9 nitrogen and oxygen atoms in total. The number of hydrogen-bond donors (Lipinski definition) is 6. The van der Waals surface area contributed by atoms with Gasteiger partial charge < -0.3 is 40.3 Å². The molecule has 1 rings (SSSR count). The Kier molecular flexibility index (Phi) is 39.0. The van der Waals surface area contributed by atoms with Crippen molar-refractivity contribution in [3.63, 3.8) is 0 Å². The third kappa shape index (κ3) is 31.3. The first kappa shape index (κ1) is 56.4. The van der Waals surface area contributed by atoms with Gasteiger partial charge in [-0.1, -0.05) is 198 Å². The Bertz CT molecular complexity index is 1030. The van der Waals surface area contributed by atoms with E-state index < -0.39 is 49.5 Å². The summed E-state index contributed by atoms with van der Waals surface area (Å²) in [5.41, 5.74) is 0. The van der Waals surface area contributed by atoms with E-state index in [0.717, 1.165) is 51.4 Å². The summed E-state index contributed by atoms with van der Waals surface area (Å²) in [6.45, 7) is 3.76. The summed E-state index contributed by atoms with van der Waals surface area (Å²) in [6, 6.07) is -0.822. The zero-order valence-corrected chi connectivity index (χ0v) is 38.7. The molecule has 0 aromatic rings. The number of amides is 1. The predicted molar refractivity (Wildman–Crippen MR) is 249 cm³/mol. The lowest BCUT2D eigenvalue weighted by molar-refractivity contribution is -0.302. The van der Waals surface area contributed by atoms with Crippen molar-refractivity contribution in [3.8, 4) is 0 Å². The minimum atomic E-state index is -1.57. The fourth-order valence-corrected chi connectivity index (χ4v) is 7.87. The van der Waals surface area contributed by atoms with Gasteiger partial charge in [0.05, 0.1) is 25.4 Å². The summed E-state index contributed by atoms with van der Waals surface area (Å²) in [5.74, 6) is -0.191. The highest BCUT2D eigenvalue weighted by Crippen LogP contribution is 2.23. The zero-order valence-electron chi connectivity index (χ0n) is 38.7. The highest BCUT2D eigenvalue weighted by Gasteiger charge is 2.44. The largest absolute Gasteiger partial charge is 0.394 e. The normalized spacial score (nSPS) is 20.8. The van der Waals surface area contributed by atoms with Crippen LogP contribution in [0.15, 0.2) is 36.5 Å². The third-order valence-electron chi connectivity index (χ3n) is 11.9. The van der Waals surface area contributed by atoms with Gasteiger partial charge in [-0.25, -0.2) is 0 Å². The molecule has 0 aliphatic carbocycles. The van der Waals surface area contributed by atoms with Crippen LogP contribution in [-0.2, 0) is 14.3 Å². The second-order valence-corrected chi connectivity index (χ2v) is 17.6. The van der Waals surface area contributed by atoms with E-state index in [9.17, 15) is 30.3 Å². The Hall–Kier alpha value is -1.59. The zero-order chi connectivity index (χ0) is 43.7. The second kappa shape index (κ2) is 41.4. The standard InChI is InChI=1S/C51H95NO8/c1-3-5-7-9-11-13-15-17-19-21-23-24-26-28-30-32-34-36-38-40-45(54)44(43-59-51-50(58)49(57)48(56)46(42-53)60-51)52-47(55)41-39-37-35-33-31-29-27-25-22-20-18-16-14-12-10-8-6-4-2/h20,22,30,32,38,40,44-46,48-51,53-54,56-58H,3-19,21,23-29,31,33-37,39,41-43H2,1-2H3,(H,52,55)/b22-20-,32-30+,40-38+.